The van der Waals surface area contributed by atoms with Crippen molar-refractivity contribution in [2.75, 3.05) is 0 Å². The molecule has 0 aliphatic heterocycles. The van der Waals surface area contributed by atoms with Crippen LogP contribution in [0, 0.1) is 17.3 Å². The topological polar surface area (TPSA) is 20.2 Å². The first-order valence-electron chi connectivity index (χ1n) is 6.28. The summed E-state index contributed by atoms with van der Waals surface area (Å²) in [5.41, 5.74) is 0.306. The highest BCUT2D eigenvalue weighted by molar-refractivity contribution is 4.95. The minimum atomic E-state index is -0.0159. The Balaban J connectivity index is 1.78. The lowest BCUT2D eigenvalue weighted by Gasteiger charge is -2.30. The number of rotatable bonds is 3. The Kier molecular flexibility index (Phi) is 2.88. The zero-order valence-electron chi connectivity index (χ0n) is 9.63. The second-order valence-electron chi connectivity index (χ2n) is 6.04. The molecule has 82 valence electrons. The van der Waals surface area contributed by atoms with E-state index in [4.69, 9.17) is 0 Å². The van der Waals surface area contributed by atoms with Crippen molar-refractivity contribution in [2.24, 2.45) is 17.3 Å². The van der Waals surface area contributed by atoms with Gasteiger partial charge in [-0.1, -0.05) is 33.1 Å². The summed E-state index contributed by atoms with van der Waals surface area (Å²) in [5, 5.41) is 10.1. The van der Waals surface area contributed by atoms with Crippen molar-refractivity contribution in [3.63, 3.8) is 0 Å². The van der Waals surface area contributed by atoms with Crippen molar-refractivity contribution in [1.82, 2.24) is 0 Å². The molecule has 0 aromatic rings. The molecule has 1 N–H and O–H groups in total. The van der Waals surface area contributed by atoms with Crippen LogP contribution in [0.25, 0.3) is 0 Å². The maximum atomic E-state index is 10.1. The fourth-order valence-corrected chi connectivity index (χ4v) is 2.90. The van der Waals surface area contributed by atoms with E-state index in [1.807, 2.05) is 0 Å². The van der Waals surface area contributed by atoms with Crippen LogP contribution in [-0.4, -0.2) is 11.2 Å². The van der Waals surface area contributed by atoms with Crippen molar-refractivity contribution in [3.8, 4) is 0 Å². The Morgan fingerprint density at radius 3 is 2.64 bits per heavy atom. The summed E-state index contributed by atoms with van der Waals surface area (Å²) >= 11 is 0. The highest BCUT2D eigenvalue weighted by Crippen LogP contribution is 2.50. The van der Waals surface area contributed by atoms with Gasteiger partial charge in [-0.3, -0.25) is 0 Å². The fourth-order valence-electron chi connectivity index (χ4n) is 2.90. The molecule has 3 atom stereocenters. The molecule has 2 aliphatic carbocycles. The first-order chi connectivity index (χ1) is 6.60. The lowest BCUT2D eigenvalue weighted by molar-refractivity contribution is 0.0649. The molecule has 0 spiro atoms. The molecule has 2 saturated carbocycles. The summed E-state index contributed by atoms with van der Waals surface area (Å²) in [6.45, 7) is 4.60. The molecule has 0 heterocycles. The molecular weight excluding hydrogens is 172 g/mol. The molecular formula is C13H24O. The Hall–Kier alpha value is -0.0400. The number of hydrogen-bond acceptors (Lipinski definition) is 1. The summed E-state index contributed by atoms with van der Waals surface area (Å²) in [5.74, 6) is 1.71. The van der Waals surface area contributed by atoms with E-state index < -0.39 is 0 Å². The monoisotopic (exact) mass is 196 g/mol. The van der Waals surface area contributed by atoms with Gasteiger partial charge in [-0.25, -0.2) is 0 Å². The highest BCUT2D eigenvalue weighted by Gasteiger charge is 2.44. The molecule has 1 nitrogen and oxygen atoms in total. The third-order valence-electron chi connectivity index (χ3n) is 4.44. The molecule has 0 radical (unpaired) electrons. The zero-order valence-corrected chi connectivity index (χ0v) is 9.63. The number of aliphatic hydroxyl groups is 1. The third-order valence-corrected chi connectivity index (χ3v) is 4.44. The second kappa shape index (κ2) is 3.84. The van der Waals surface area contributed by atoms with E-state index in [0.29, 0.717) is 5.41 Å². The van der Waals surface area contributed by atoms with E-state index in [0.717, 1.165) is 18.3 Å². The summed E-state index contributed by atoms with van der Waals surface area (Å²) in [6.07, 6.45) is 9.05. The molecule has 0 aromatic heterocycles. The Labute approximate surface area is 87.9 Å². The largest absolute Gasteiger partial charge is 0.393 e. The standard InChI is InChI=1S/C13H24O/c1-10-4-3-5-11(8-10)9-12(14)13(2)6-7-13/h10-12,14H,3-9H2,1-2H3. The van der Waals surface area contributed by atoms with Crippen LogP contribution in [0.2, 0.25) is 0 Å². The molecule has 2 aliphatic rings. The smallest absolute Gasteiger partial charge is 0.0596 e. The van der Waals surface area contributed by atoms with Crippen LogP contribution in [0.4, 0.5) is 0 Å². The Bertz CT molecular complexity index is 195. The van der Waals surface area contributed by atoms with E-state index in [-0.39, 0.29) is 6.10 Å². The quantitative estimate of drug-likeness (QED) is 0.734. The van der Waals surface area contributed by atoms with Gasteiger partial charge in [0.1, 0.15) is 0 Å². The van der Waals surface area contributed by atoms with E-state index in [9.17, 15) is 5.11 Å². The van der Waals surface area contributed by atoms with Gasteiger partial charge in [-0.15, -0.1) is 0 Å². The molecule has 2 fully saturated rings. The SMILES string of the molecule is CC1CCCC(CC(O)C2(C)CC2)C1. The molecule has 14 heavy (non-hydrogen) atoms. The van der Waals surface area contributed by atoms with Crippen molar-refractivity contribution in [2.45, 2.75) is 64.9 Å². The normalized spacial score (nSPS) is 37.9. The molecule has 0 amide bonds. The van der Waals surface area contributed by atoms with Crippen LogP contribution in [0.15, 0.2) is 0 Å². The van der Waals surface area contributed by atoms with E-state index in [1.54, 1.807) is 0 Å². The zero-order chi connectivity index (χ0) is 10.2. The van der Waals surface area contributed by atoms with Crippen molar-refractivity contribution in [1.29, 1.82) is 0 Å². The third kappa shape index (κ3) is 2.31. The highest BCUT2D eigenvalue weighted by atomic mass is 16.3. The van der Waals surface area contributed by atoms with Gasteiger partial charge in [-0.2, -0.15) is 0 Å². The van der Waals surface area contributed by atoms with Crippen LogP contribution < -0.4 is 0 Å². The van der Waals surface area contributed by atoms with E-state index in [1.165, 1.54) is 38.5 Å². The van der Waals surface area contributed by atoms with Crippen molar-refractivity contribution in [3.05, 3.63) is 0 Å². The molecule has 0 aromatic carbocycles. The van der Waals surface area contributed by atoms with Gasteiger partial charge in [0, 0.05) is 0 Å². The Morgan fingerprint density at radius 1 is 1.36 bits per heavy atom. The van der Waals surface area contributed by atoms with Gasteiger partial charge < -0.3 is 5.11 Å². The van der Waals surface area contributed by atoms with Crippen LogP contribution in [0.1, 0.15) is 58.8 Å². The first-order valence-corrected chi connectivity index (χ1v) is 6.28. The molecule has 2 rings (SSSR count). The van der Waals surface area contributed by atoms with Gasteiger partial charge in [0.2, 0.25) is 0 Å². The lowest BCUT2D eigenvalue weighted by Crippen LogP contribution is -2.25. The molecule has 0 bridgehead atoms. The van der Waals surface area contributed by atoms with E-state index >= 15 is 0 Å². The maximum absolute atomic E-state index is 10.1. The lowest BCUT2D eigenvalue weighted by atomic mass is 9.78. The minimum Gasteiger partial charge on any atom is -0.393 e. The van der Waals surface area contributed by atoms with Crippen LogP contribution in [0.3, 0.4) is 0 Å². The van der Waals surface area contributed by atoms with Gasteiger partial charge in [-0.05, 0) is 42.9 Å². The Morgan fingerprint density at radius 2 is 2.07 bits per heavy atom. The molecule has 3 unspecified atom stereocenters. The molecule has 1 heteroatoms. The second-order valence-corrected chi connectivity index (χ2v) is 6.04. The maximum Gasteiger partial charge on any atom is 0.0596 e. The summed E-state index contributed by atoms with van der Waals surface area (Å²) in [6, 6.07) is 0. The minimum absolute atomic E-state index is 0.0159. The van der Waals surface area contributed by atoms with Gasteiger partial charge in [0.25, 0.3) is 0 Å². The van der Waals surface area contributed by atoms with Crippen molar-refractivity contribution < 1.29 is 5.11 Å². The van der Waals surface area contributed by atoms with Gasteiger partial charge in [0.15, 0.2) is 0 Å². The van der Waals surface area contributed by atoms with Gasteiger partial charge in [0.05, 0.1) is 6.10 Å². The first kappa shape index (κ1) is 10.5. The van der Waals surface area contributed by atoms with Gasteiger partial charge >= 0.3 is 0 Å². The summed E-state index contributed by atoms with van der Waals surface area (Å²) in [7, 11) is 0. The molecule has 0 saturated heterocycles. The number of aliphatic hydroxyl groups excluding tert-OH is 1. The average molecular weight is 196 g/mol. The van der Waals surface area contributed by atoms with Crippen LogP contribution in [-0.2, 0) is 0 Å². The summed E-state index contributed by atoms with van der Waals surface area (Å²) in [4.78, 5) is 0. The summed E-state index contributed by atoms with van der Waals surface area (Å²) < 4.78 is 0. The fraction of sp³-hybridized carbons (Fsp3) is 1.00. The number of hydrogen-bond donors (Lipinski definition) is 1. The predicted molar refractivity (Wildman–Crippen MR) is 59.1 cm³/mol. The van der Waals surface area contributed by atoms with Crippen LogP contribution in [0.5, 0.6) is 0 Å². The predicted octanol–water partition coefficient (Wildman–Crippen LogP) is 3.36. The average Bonchev–Trinajstić information content (AvgIpc) is 2.85. The van der Waals surface area contributed by atoms with Crippen molar-refractivity contribution >= 4 is 0 Å². The van der Waals surface area contributed by atoms with E-state index in [2.05, 4.69) is 13.8 Å². The van der Waals surface area contributed by atoms with Crippen LogP contribution >= 0.6 is 0 Å².